The van der Waals surface area contributed by atoms with E-state index in [9.17, 15) is 0 Å². The van der Waals surface area contributed by atoms with Crippen LogP contribution in [0.25, 0.3) is 0 Å². The van der Waals surface area contributed by atoms with Gasteiger partial charge in [-0.1, -0.05) is 0 Å². The van der Waals surface area contributed by atoms with Gasteiger partial charge in [-0.15, -0.1) is 0 Å². The molecule has 1 atom stereocenters. The van der Waals surface area contributed by atoms with Crippen molar-refractivity contribution in [3.8, 4) is 0 Å². The fourth-order valence-electron chi connectivity index (χ4n) is 2.63. The zero-order valence-electron chi connectivity index (χ0n) is 10.0. The summed E-state index contributed by atoms with van der Waals surface area (Å²) in [7, 11) is 2.22. The average molecular weight is 212 g/mol. The number of ether oxygens (including phenoxy) is 1. The fraction of sp³-hybridized carbons (Fsp3) is 1.00. The van der Waals surface area contributed by atoms with Gasteiger partial charge in [-0.05, 0) is 52.2 Å². The van der Waals surface area contributed by atoms with Gasteiger partial charge >= 0.3 is 0 Å². The Labute approximate surface area is 93.2 Å². The molecule has 1 unspecified atom stereocenters. The van der Waals surface area contributed by atoms with Crippen LogP contribution in [-0.2, 0) is 4.74 Å². The van der Waals surface area contributed by atoms with Gasteiger partial charge in [-0.25, -0.2) is 0 Å². The molecule has 1 aliphatic carbocycles. The lowest BCUT2D eigenvalue weighted by atomic mass is 9.89. The summed E-state index contributed by atoms with van der Waals surface area (Å²) in [6.45, 7) is 6.70. The van der Waals surface area contributed by atoms with Crippen LogP contribution in [0.1, 0.15) is 26.2 Å². The first-order chi connectivity index (χ1) is 7.28. The van der Waals surface area contributed by atoms with E-state index in [1.807, 2.05) is 0 Å². The SMILES string of the molecule is CCOC1CC(NCC2CCN(C)C2)C1. The molecule has 1 saturated carbocycles. The van der Waals surface area contributed by atoms with Crippen molar-refractivity contribution in [1.82, 2.24) is 10.2 Å². The molecule has 2 fully saturated rings. The Balaban J connectivity index is 1.53. The largest absolute Gasteiger partial charge is 0.378 e. The zero-order valence-corrected chi connectivity index (χ0v) is 10.0. The molecule has 0 aromatic carbocycles. The van der Waals surface area contributed by atoms with Crippen LogP contribution in [0.3, 0.4) is 0 Å². The van der Waals surface area contributed by atoms with Crippen molar-refractivity contribution >= 4 is 0 Å². The minimum atomic E-state index is 0.541. The second kappa shape index (κ2) is 5.28. The molecule has 2 aliphatic rings. The lowest BCUT2D eigenvalue weighted by Gasteiger charge is -2.36. The third-order valence-electron chi connectivity index (χ3n) is 3.68. The van der Waals surface area contributed by atoms with E-state index in [1.165, 1.54) is 38.9 Å². The maximum Gasteiger partial charge on any atom is 0.0604 e. The van der Waals surface area contributed by atoms with E-state index < -0.39 is 0 Å². The molecule has 0 aromatic rings. The highest BCUT2D eigenvalue weighted by Gasteiger charge is 2.30. The molecule has 1 heterocycles. The van der Waals surface area contributed by atoms with Crippen molar-refractivity contribution in [1.29, 1.82) is 0 Å². The molecule has 0 bridgehead atoms. The fourth-order valence-corrected chi connectivity index (χ4v) is 2.63. The lowest BCUT2D eigenvalue weighted by Crippen LogP contribution is -2.47. The van der Waals surface area contributed by atoms with Crippen LogP contribution in [0.2, 0.25) is 0 Å². The van der Waals surface area contributed by atoms with E-state index in [-0.39, 0.29) is 0 Å². The van der Waals surface area contributed by atoms with E-state index in [4.69, 9.17) is 4.74 Å². The van der Waals surface area contributed by atoms with Crippen molar-refractivity contribution < 1.29 is 4.74 Å². The minimum Gasteiger partial charge on any atom is -0.378 e. The highest BCUT2D eigenvalue weighted by molar-refractivity contribution is 4.87. The highest BCUT2D eigenvalue weighted by Crippen LogP contribution is 2.24. The van der Waals surface area contributed by atoms with Gasteiger partial charge in [0, 0.05) is 19.2 Å². The monoisotopic (exact) mass is 212 g/mol. The smallest absolute Gasteiger partial charge is 0.0604 e. The van der Waals surface area contributed by atoms with E-state index in [2.05, 4.69) is 24.2 Å². The van der Waals surface area contributed by atoms with Crippen LogP contribution < -0.4 is 5.32 Å². The molecule has 0 amide bonds. The van der Waals surface area contributed by atoms with Gasteiger partial charge < -0.3 is 15.0 Å². The van der Waals surface area contributed by atoms with Gasteiger partial charge in [-0.2, -0.15) is 0 Å². The molecule has 3 heteroatoms. The summed E-state index contributed by atoms with van der Waals surface area (Å²) in [5, 5.41) is 3.66. The normalized spacial score (nSPS) is 36.8. The van der Waals surface area contributed by atoms with E-state index >= 15 is 0 Å². The summed E-state index contributed by atoms with van der Waals surface area (Å²) >= 11 is 0. The maximum atomic E-state index is 5.55. The second-order valence-corrected chi connectivity index (χ2v) is 5.07. The maximum absolute atomic E-state index is 5.55. The highest BCUT2D eigenvalue weighted by atomic mass is 16.5. The van der Waals surface area contributed by atoms with Crippen LogP contribution in [-0.4, -0.2) is 50.3 Å². The molecule has 1 N–H and O–H groups in total. The van der Waals surface area contributed by atoms with Crippen molar-refractivity contribution in [2.24, 2.45) is 5.92 Å². The molecule has 0 radical (unpaired) electrons. The molecule has 88 valence electrons. The van der Waals surface area contributed by atoms with Gasteiger partial charge in [0.05, 0.1) is 6.10 Å². The molecule has 1 saturated heterocycles. The predicted molar refractivity (Wildman–Crippen MR) is 62.0 cm³/mol. The Morgan fingerprint density at radius 1 is 1.40 bits per heavy atom. The summed E-state index contributed by atoms with van der Waals surface area (Å²) < 4.78 is 5.55. The van der Waals surface area contributed by atoms with E-state index in [0.29, 0.717) is 6.10 Å². The van der Waals surface area contributed by atoms with Crippen molar-refractivity contribution in [2.45, 2.75) is 38.3 Å². The van der Waals surface area contributed by atoms with Crippen LogP contribution >= 0.6 is 0 Å². The lowest BCUT2D eigenvalue weighted by molar-refractivity contribution is -0.0104. The topological polar surface area (TPSA) is 24.5 Å². The molecule has 0 spiro atoms. The van der Waals surface area contributed by atoms with Gasteiger partial charge in [-0.3, -0.25) is 0 Å². The first-order valence-electron chi connectivity index (χ1n) is 6.31. The number of nitrogens with zero attached hydrogens (tertiary/aromatic N) is 1. The first-order valence-corrected chi connectivity index (χ1v) is 6.31. The molecule has 3 nitrogen and oxygen atoms in total. The third-order valence-corrected chi connectivity index (χ3v) is 3.68. The molecular weight excluding hydrogens is 188 g/mol. The molecule has 1 aliphatic heterocycles. The summed E-state index contributed by atoms with van der Waals surface area (Å²) in [5.41, 5.74) is 0. The Morgan fingerprint density at radius 2 is 2.20 bits per heavy atom. The van der Waals surface area contributed by atoms with Crippen LogP contribution in [0.5, 0.6) is 0 Å². The van der Waals surface area contributed by atoms with Gasteiger partial charge in [0.25, 0.3) is 0 Å². The molecule has 15 heavy (non-hydrogen) atoms. The number of nitrogens with one attached hydrogen (secondary N) is 1. The summed E-state index contributed by atoms with van der Waals surface area (Å²) in [5.74, 6) is 0.876. The quantitative estimate of drug-likeness (QED) is 0.738. The Morgan fingerprint density at radius 3 is 2.80 bits per heavy atom. The van der Waals surface area contributed by atoms with Crippen LogP contribution in [0.15, 0.2) is 0 Å². The molecule has 0 aromatic heterocycles. The summed E-state index contributed by atoms with van der Waals surface area (Å²) in [4.78, 5) is 2.43. The predicted octanol–water partition coefficient (Wildman–Crippen LogP) is 1.10. The Hall–Kier alpha value is -0.120. The number of rotatable bonds is 5. The van der Waals surface area contributed by atoms with Crippen molar-refractivity contribution in [3.63, 3.8) is 0 Å². The zero-order chi connectivity index (χ0) is 10.7. The number of hydrogen-bond donors (Lipinski definition) is 1. The molecular formula is C12H24N2O. The standard InChI is InChI=1S/C12H24N2O/c1-3-15-12-6-11(7-12)13-8-10-4-5-14(2)9-10/h10-13H,3-9H2,1-2H3. The van der Waals surface area contributed by atoms with Gasteiger partial charge in [0.2, 0.25) is 0 Å². The first kappa shape index (κ1) is 11.4. The second-order valence-electron chi connectivity index (χ2n) is 5.07. The van der Waals surface area contributed by atoms with Gasteiger partial charge in [0.1, 0.15) is 0 Å². The van der Waals surface area contributed by atoms with Crippen LogP contribution in [0.4, 0.5) is 0 Å². The van der Waals surface area contributed by atoms with E-state index in [1.54, 1.807) is 0 Å². The minimum absolute atomic E-state index is 0.541. The number of hydrogen-bond acceptors (Lipinski definition) is 3. The summed E-state index contributed by atoms with van der Waals surface area (Å²) in [6, 6.07) is 0.729. The Bertz CT molecular complexity index is 192. The molecule has 2 rings (SSSR count). The van der Waals surface area contributed by atoms with Crippen molar-refractivity contribution in [2.75, 3.05) is 33.3 Å². The number of likely N-dealkylation sites (tertiary alicyclic amines) is 1. The third kappa shape index (κ3) is 3.16. The average Bonchev–Trinajstić information content (AvgIpc) is 2.55. The summed E-state index contributed by atoms with van der Waals surface area (Å²) in [6.07, 6.45) is 4.34. The Kier molecular flexibility index (Phi) is 4.00. The van der Waals surface area contributed by atoms with Crippen molar-refractivity contribution in [3.05, 3.63) is 0 Å². The van der Waals surface area contributed by atoms with Gasteiger partial charge in [0.15, 0.2) is 0 Å². The van der Waals surface area contributed by atoms with Crippen LogP contribution in [0, 0.1) is 5.92 Å². The van der Waals surface area contributed by atoms with E-state index in [0.717, 1.165) is 18.6 Å².